The van der Waals surface area contributed by atoms with Gasteiger partial charge in [0.25, 0.3) is 0 Å². The van der Waals surface area contributed by atoms with Crippen LogP contribution < -0.4 is 0 Å². The number of rotatable bonds is 5. The first-order valence-corrected chi connectivity index (χ1v) is 8.47. The van der Waals surface area contributed by atoms with Crippen molar-refractivity contribution in [1.82, 2.24) is 14.7 Å². The van der Waals surface area contributed by atoms with Gasteiger partial charge in [0, 0.05) is 32.3 Å². The van der Waals surface area contributed by atoms with Gasteiger partial charge in [0.15, 0.2) is 0 Å². The van der Waals surface area contributed by atoms with Crippen molar-refractivity contribution in [2.24, 2.45) is 11.8 Å². The molecule has 0 unspecified atom stereocenters. The number of allylic oxidation sites excluding steroid dienone is 1. The summed E-state index contributed by atoms with van der Waals surface area (Å²) in [5, 5.41) is 0. The standard InChI is InChI=1S/C17H27N3O2/c1-18(2)12-17(22)20-9-7-19(8-10-20)16(21)11-15(13-3-4-13)14-5-6-14/h11,13-14H,3-10,12H2,1-2H3. The Morgan fingerprint density at radius 1 is 0.955 bits per heavy atom. The maximum atomic E-state index is 12.5. The lowest BCUT2D eigenvalue weighted by atomic mass is 10.1. The zero-order chi connectivity index (χ0) is 15.7. The molecule has 0 atom stereocenters. The number of amides is 2. The lowest BCUT2D eigenvalue weighted by Gasteiger charge is -2.35. The molecule has 0 aromatic carbocycles. The van der Waals surface area contributed by atoms with Crippen LogP contribution in [0.4, 0.5) is 0 Å². The molecule has 122 valence electrons. The summed E-state index contributed by atoms with van der Waals surface area (Å²) in [4.78, 5) is 30.2. The van der Waals surface area contributed by atoms with Crippen molar-refractivity contribution in [2.45, 2.75) is 25.7 Å². The molecule has 0 bridgehead atoms. The van der Waals surface area contributed by atoms with Crippen molar-refractivity contribution in [3.05, 3.63) is 11.6 Å². The Morgan fingerprint density at radius 3 is 1.91 bits per heavy atom. The van der Waals surface area contributed by atoms with Crippen molar-refractivity contribution in [1.29, 1.82) is 0 Å². The van der Waals surface area contributed by atoms with Crippen LogP contribution in [0, 0.1) is 11.8 Å². The Hall–Kier alpha value is -1.36. The minimum absolute atomic E-state index is 0.157. The highest BCUT2D eigenvalue weighted by Gasteiger charge is 2.37. The SMILES string of the molecule is CN(C)CC(=O)N1CCN(C(=O)C=C(C2CC2)C2CC2)CC1. The normalized spacial score (nSPS) is 22.0. The van der Waals surface area contributed by atoms with Crippen LogP contribution in [-0.4, -0.2) is 73.3 Å². The second kappa shape index (κ2) is 6.41. The summed E-state index contributed by atoms with van der Waals surface area (Å²) in [5.74, 6) is 1.71. The van der Waals surface area contributed by atoms with Gasteiger partial charge < -0.3 is 14.7 Å². The van der Waals surface area contributed by atoms with E-state index in [1.54, 1.807) is 0 Å². The van der Waals surface area contributed by atoms with Crippen molar-refractivity contribution >= 4 is 11.8 Å². The van der Waals surface area contributed by atoms with E-state index >= 15 is 0 Å². The quantitative estimate of drug-likeness (QED) is 0.711. The molecule has 5 nitrogen and oxygen atoms in total. The molecule has 22 heavy (non-hydrogen) atoms. The second-order valence-electron chi connectivity index (χ2n) is 7.14. The van der Waals surface area contributed by atoms with Crippen molar-refractivity contribution in [2.75, 3.05) is 46.8 Å². The van der Waals surface area contributed by atoms with E-state index in [-0.39, 0.29) is 11.8 Å². The van der Waals surface area contributed by atoms with Crippen molar-refractivity contribution in [3.8, 4) is 0 Å². The number of carbonyl (C=O) groups is 2. The van der Waals surface area contributed by atoms with Crippen LogP contribution in [0.2, 0.25) is 0 Å². The third-order valence-electron chi connectivity index (χ3n) is 4.78. The molecule has 3 aliphatic rings. The molecule has 1 heterocycles. The first-order chi connectivity index (χ1) is 10.5. The zero-order valence-corrected chi connectivity index (χ0v) is 13.8. The Labute approximate surface area is 132 Å². The van der Waals surface area contributed by atoms with Crippen LogP contribution in [0.5, 0.6) is 0 Å². The molecule has 0 radical (unpaired) electrons. The topological polar surface area (TPSA) is 43.9 Å². The molecule has 0 spiro atoms. The summed E-state index contributed by atoms with van der Waals surface area (Å²) in [6.07, 6.45) is 6.99. The van der Waals surface area contributed by atoms with Gasteiger partial charge in [-0.1, -0.05) is 5.57 Å². The fraction of sp³-hybridized carbons (Fsp3) is 0.765. The van der Waals surface area contributed by atoms with E-state index in [1.165, 1.54) is 31.3 Å². The third-order valence-corrected chi connectivity index (χ3v) is 4.78. The molecule has 1 aliphatic heterocycles. The molecule has 1 saturated heterocycles. The van der Waals surface area contributed by atoms with Crippen LogP contribution in [0.25, 0.3) is 0 Å². The van der Waals surface area contributed by atoms with E-state index in [2.05, 4.69) is 0 Å². The van der Waals surface area contributed by atoms with E-state index < -0.39 is 0 Å². The highest BCUT2D eigenvalue weighted by atomic mass is 16.2. The molecule has 5 heteroatoms. The van der Waals surface area contributed by atoms with Gasteiger partial charge in [-0.25, -0.2) is 0 Å². The fourth-order valence-electron chi connectivity index (χ4n) is 3.18. The lowest BCUT2D eigenvalue weighted by Crippen LogP contribution is -2.52. The highest BCUT2D eigenvalue weighted by molar-refractivity contribution is 5.89. The summed E-state index contributed by atoms with van der Waals surface area (Å²) in [6.45, 7) is 3.10. The Morgan fingerprint density at radius 2 is 1.45 bits per heavy atom. The smallest absolute Gasteiger partial charge is 0.246 e. The van der Waals surface area contributed by atoms with Gasteiger partial charge in [-0.05, 0) is 51.6 Å². The number of nitrogens with zero attached hydrogens (tertiary/aromatic N) is 3. The highest BCUT2D eigenvalue weighted by Crippen LogP contribution is 2.48. The largest absolute Gasteiger partial charge is 0.338 e. The molecule has 0 N–H and O–H groups in total. The molecule has 2 amide bonds. The second-order valence-corrected chi connectivity index (χ2v) is 7.14. The summed E-state index contributed by atoms with van der Waals surface area (Å²) >= 11 is 0. The fourth-order valence-corrected chi connectivity index (χ4v) is 3.18. The molecule has 2 aliphatic carbocycles. The maximum absolute atomic E-state index is 12.5. The van der Waals surface area contributed by atoms with E-state index in [0.717, 1.165) is 0 Å². The Kier molecular flexibility index (Phi) is 4.52. The van der Waals surface area contributed by atoms with Crippen LogP contribution in [0.15, 0.2) is 11.6 Å². The van der Waals surface area contributed by atoms with Crippen molar-refractivity contribution in [3.63, 3.8) is 0 Å². The first kappa shape index (κ1) is 15.5. The average molecular weight is 305 g/mol. The number of piperazine rings is 1. The lowest BCUT2D eigenvalue weighted by molar-refractivity contribution is -0.137. The van der Waals surface area contributed by atoms with Crippen LogP contribution in [-0.2, 0) is 9.59 Å². The number of hydrogen-bond acceptors (Lipinski definition) is 3. The third kappa shape index (κ3) is 3.88. The summed E-state index contributed by atoms with van der Waals surface area (Å²) in [6, 6.07) is 0. The minimum atomic E-state index is 0.157. The first-order valence-electron chi connectivity index (χ1n) is 8.47. The van der Waals surface area contributed by atoms with Gasteiger partial charge in [-0.15, -0.1) is 0 Å². The number of likely N-dealkylation sites (N-methyl/N-ethyl adjacent to an activating group) is 1. The molecule has 3 rings (SSSR count). The maximum Gasteiger partial charge on any atom is 0.246 e. The molecular weight excluding hydrogens is 278 g/mol. The summed E-state index contributed by atoms with van der Waals surface area (Å²) in [5.41, 5.74) is 1.41. The van der Waals surface area contributed by atoms with Gasteiger partial charge in [-0.3, -0.25) is 9.59 Å². The monoisotopic (exact) mass is 305 g/mol. The zero-order valence-electron chi connectivity index (χ0n) is 13.8. The Balaban J connectivity index is 1.51. The van der Waals surface area contributed by atoms with Crippen molar-refractivity contribution < 1.29 is 9.59 Å². The molecule has 0 aromatic rings. The van der Waals surface area contributed by atoms with Gasteiger partial charge in [0.05, 0.1) is 6.54 Å². The molecular formula is C17H27N3O2. The van der Waals surface area contributed by atoms with E-state index in [9.17, 15) is 9.59 Å². The molecule has 2 saturated carbocycles. The predicted octanol–water partition coefficient (Wildman–Crippen LogP) is 0.965. The molecule has 0 aromatic heterocycles. The van der Waals surface area contributed by atoms with Crippen LogP contribution in [0.3, 0.4) is 0 Å². The van der Waals surface area contributed by atoms with E-state index in [1.807, 2.05) is 34.9 Å². The number of hydrogen-bond donors (Lipinski definition) is 0. The average Bonchev–Trinajstić information content (AvgIpc) is 3.37. The number of carbonyl (C=O) groups excluding carboxylic acids is 2. The minimum Gasteiger partial charge on any atom is -0.338 e. The van der Waals surface area contributed by atoms with Gasteiger partial charge in [0.1, 0.15) is 0 Å². The Bertz CT molecular complexity index is 456. The van der Waals surface area contributed by atoms with Gasteiger partial charge in [-0.2, -0.15) is 0 Å². The summed E-state index contributed by atoms with van der Waals surface area (Å²) in [7, 11) is 3.81. The van der Waals surface area contributed by atoms with Gasteiger partial charge >= 0.3 is 0 Å². The predicted molar refractivity (Wildman–Crippen MR) is 85.2 cm³/mol. The van der Waals surface area contributed by atoms with Crippen LogP contribution in [0.1, 0.15) is 25.7 Å². The van der Waals surface area contributed by atoms with E-state index in [4.69, 9.17) is 0 Å². The summed E-state index contributed by atoms with van der Waals surface area (Å²) < 4.78 is 0. The van der Waals surface area contributed by atoms with Gasteiger partial charge in [0.2, 0.25) is 11.8 Å². The van der Waals surface area contributed by atoms with E-state index in [0.29, 0.717) is 44.6 Å². The van der Waals surface area contributed by atoms with Crippen LogP contribution >= 0.6 is 0 Å². The molecule has 3 fully saturated rings.